The maximum Gasteiger partial charge on any atom is 0.273 e. The molecule has 0 N–H and O–H groups in total. The average molecular weight is 485 g/mol. The fourth-order valence-corrected chi connectivity index (χ4v) is 5.66. The lowest BCUT2D eigenvalue weighted by atomic mass is 10.1. The van der Waals surface area contributed by atoms with E-state index in [0.29, 0.717) is 33.0 Å². The minimum absolute atomic E-state index is 0.0763. The quantitative estimate of drug-likeness (QED) is 0.286. The van der Waals surface area contributed by atoms with Gasteiger partial charge in [-0.05, 0) is 46.7 Å². The number of nitrogens with zero attached hydrogens (tertiary/aromatic N) is 4. The standard InChI is InChI=1S/C23H18ClFN4OS2/c1-2-14-3-5-15(6-4-14)12-28-21(30)20-19(9-10-31-20)29-22(28)26-27-23(29)32-13-16-7-8-17(25)11-18(16)24/h3-11H,2,12-13H2,1H3. The molecule has 9 heteroatoms. The van der Waals surface area contributed by atoms with Crippen LogP contribution >= 0.6 is 34.7 Å². The van der Waals surface area contributed by atoms with E-state index in [0.717, 1.165) is 23.1 Å². The molecule has 2 aromatic carbocycles. The molecule has 0 bridgehead atoms. The average Bonchev–Trinajstić information content (AvgIpc) is 3.44. The summed E-state index contributed by atoms with van der Waals surface area (Å²) in [6, 6.07) is 14.5. The first kappa shape index (κ1) is 21.2. The number of thioether (sulfide) groups is 1. The molecule has 32 heavy (non-hydrogen) atoms. The molecule has 5 rings (SSSR count). The Morgan fingerprint density at radius 1 is 1.09 bits per heavy atom. The molecule has 0 saturated heterocycles. The van der Waals surface area contributed by atoms with Gasteiger partial charge in [0.1, 0.15) is 10.5 Å². The summed E-state index contributed by atoms with van der Waals surface area (Å²) >= 11 is 9.04. The van der Waals surface area contributed by atoms with Gasteiger partial charge in [0.2, 0.25) is 5.78 Å². The van der Waals surface area contributed by atoms with Crippen molar-refractivity contribution in [3.05, 3.63) is 91.8 Å². The number of fused-ring (bicyclic) bond motifs is 3. The van der Waals surface area contributed by atoms with E-state index in [1.165, 1.54) is 40.8 Å². The molecule has 0 spiro atoms. The van der Waals surface area contributed by atoms with Crippen LogP contribution in [0.25, 0.3) is 16.0 Å². The smallest absolute Gasteiger partial charge is 0.271 e. The predicted molar refractivity (Wildman–Crippen MR) is 129 cm³/mol. The lowest BCUT2D eigenvalue weighted by molar-refractivity contribution is 0.627. The van der Waals surface area contributed by atoms with Crippen LogP contribution < -0.4 is 5.56 Å². The number of hydrogen-bond acceptors (Lipinski definition) is 5. The second kappa shape index (κ2) is 8.69. The first-order valence-corrected chi connectivity index (χ1v) is 12.3. The fourth-order valence-electron chi connectivity index (χ4n) is 3.58. The van der Waals surface area contributed by atoms with Crippen LogP contribution in [-0.2, 0) is 18.7 Å². The molecule has 0 unspecified atom stereocenters. The number of halogens is 2. The van der Waals surface area contributed by atoms with Crippen molar-refractivity contribution in [2.24, 2.45) is 0 Å². The van der Waals surface area contributed by atoms with Crippen molar-refractivity contribution in [1.29, 1.82) is 0 Å². The molecule has 3 heterocycles. The van der Waals surface area contributed by atoms with Crippen LogP contribution in [0.4, 0.5) is 4.39 Å². The number of rotatable bonds is 6. The largest absolute Gasteiger partial charge is 0.273 e. The molecule has 0 amide bonds. The van der Waals surface area contributed by atoms with Gasteiger partial charge in [0, 0.05) is 10.8 Å². The molecule has 162 valence electrons. The summed E-state index contributed by atoms with van der Waals surface area (Å²) in [5, 5.41) is 11.6. The van der Waals surface area contributed by atoms with Crippen molar-refractivity contribution in [2.45, 2.75) is 30.8 Å². The van der Waals surface area contributed by atoms with Crippen molar-refractivity contribution < 1.29 is 4.39 Å². The van der Waals surface area contributed by atoms with E-state index in [9.17, 15) is 9.18 Å². The van der Waals surface area contributed by atoms with Crippen LogP contribution in [-0.4, -0.2) is 19.2 Å². The van der Waals surface area contributed by atoms with Gasteiger partial charge in [-0.1, -0.05) is 60.6 Å². The van der Waals surface area contributed by atoms with Gasteiger partial charge < -0.3 is 0 Å². The molecule has 0 atom stereocenters. The van der Waals surface area contributed by atoms with Gasteiger partial charge in [-0.15, -0.1) is 21.5 Å². The number of aromatic nitrogens is 4. The Labute approximate surface area is 196 Å². The first-order chi connectivity index (χ1) is 15.5. The zero-order valence-electron chi connectivity index (χ0n) is 17.1. The minimum Gasteiger partial charge on any atom is -0.271 e. The lowest BCUT2D eigenvalue weighted by Crippen LogP contribution is -2.23. The van der Waals surface area contributed by atoms with Crippen molar-refractivity contribution in [3.8, 4) is 0 Å². The third-order valence-corrected chi connectivity index (χ3v) is 7.55. The fraction of sp³-hybridized carbons (Fsp3) is 0.174. The van der Waals surface area contributed by atoms with E-state index in [4.69, 9.17) is 11.6 Å². The molecular weight excluding hydrogens is 467 g/mol. The Kier molecular flexibility index (Phi) is 5.75. The predicted octanol–water partition coefficient (Wildman–Crippen LogP) is 5.80. The summed E-state index contributed by atoms with van der Waals surface area (Å²) in [4.78, 5) is 13.2. The van der Waals surface area contributed by atoms with Gasteiger partial charge in [-0.2, -0.15) is 0 Å². The third-order valence-electron chi connectivity index (χ3n) is 5.33. The van der Waals surface area contributed by atoms with Crippen molar-refractivity contribution in [1.82, 2.24) is 19.2 Å². The van der Waals surface area contributed by atoms with Crippen LogP contribution in [0.2, 0.25) is 5.02 Å². The monoisotopic (exact) mass is 484 g/mol. The van der Waals surface area contributed by atoms with Gasteiger partial charge in [-0.25, -0.2) is 4.39 Å². The van der Waals surface area contributed by atoms with Crippen LogP contribution in [0.1, 0.15) is 23.6 Å². The number of hydrogen-bond donors (Lipinski definition) is 0. The molecule has 5 aromatic rings. The summed E-state index contributed by atoms with van der Waals surface area (Å²) in [5.41, 5.74) is 3.79. The van der Waals surface area contributed by atoms with Crippen molar-refractivity contribution in [2.75, 3.05) is 0 Å². The van der Waals surface area contributed by atoms with Crippen LogP contribution in [0.15, 0.2) is 63.9 Å². The molecule has 0 aliphatic heterocycles. The van der Waals surface area contributed by atoms with Crippen molar-refractivity contribution in [3.63, 3.8) is 0 Å². The van der Waals surface area contributed by atoms with Gasteiger partial charge in [-0.3, -0.25) is 13.8 Å². The lowest BCUT2D eigenvalue weighted by Gasteiger charge is -2.10. The van der Waals surface area contributed by atoms with E-state index >= 15 is 0 Å². The topological polar surface area (TPSA) is 52.2 Å². The SMILES string of the molecule is CCc1ccc(Cn2c(=O)c3sccc3n3c(SCc4ccc(F)cc4Cl)nnc23)cc1. The Morgan fingerprint density at radius 3 is 2.62 bits per heavy atom. The summed E-state index contributed by atoms with van der Waals surface area (Å²) in [7, 11) is 0. The van der Waals surface area contributed by atoms with Gasteiger partial charge in [0.05, 0.1) is 12.1 Å². The molecule has 0 aliphatic carbocycles. The normalized spacial score (nSPS) is 11.6. The molecule has 3 aromatic heterocycles. The van der Waals surface area contributed by atoms with Crippen LogP contribution in [0.5, 0.6) is 0 Å². The Bertz CT molecular complexity index is 1490. The van der Waals surface area contributed by atoms with Gasteiger partial charge >= 0.3 is 0 Å². The highest BCUT2D eigenvalue weighted by atomic mass is 35.5. The molecule has 5 nitrogen and oxygen atoms in total. The van der Waals surface area contributed by atoms with E-state index in [1.54, 1.807) is 10.6 Å². The highest BCUT2D eigenvalue weighted by Gasteiger charge is 2.18. The summed E-state index contributed by atoms with van der Waals surface area (Å²) < 4.78 is 17.6. The summed E-state index contributed by atoms with van der Waals surface area (Å²) in [6.45, 7) is 2.52. The van der Waals surface area contributed by atoms with E-state index in [-0.39, 0.29) is 11.4 Å². The first-order valence-electron chi connectivity index (χ1n) is 10.0. The zero-order chi connectivity index (χ0) is 22.2. The Hall–Kier alpha value is -2.68. The Morgan fingerprint density at radius 2 is 1.88 bits per heavy atom. The zero-order valence-corrected chi connectivity index (χ0v) is 19.5. The molecule has 0 radical (unpaired) electrons. The molecule has 0 aliphatic rings. The molecule has 0 fully saturated rings. The second-order valence-corrected chi connectivity index (χ2v) is 9.60. The minimum atomic E-state index is -0.368. The highest BCUT2D eigenvalue weighted by molar-refractivity contribution is 7.98. The summed E-state index contributed by atoms with van der Waals surface area (Å²) in [5.74, 6) is 0.629. The highest BCUT2D eigenvalue weighted by Crippen LogP contribution is 2.29. The van der Waals surface area contributed by atoms with Crippen LogP contribution in [0.3, 0.4) is 0 Å². The maximum absolute atomic E-state index is 13.4. The molecule has 0 saturated carbocycles. The third kappa shape index (κ3) is 3.83. The van der Waals surface area contributed by atoms with Gasteiger partial charge in [0.15, 0.2) is 5.16 Å². The van der Waals surface area contributed by atoms with Crippen molar-refractivity contribution >= 4 is 50.7 Å². The van der Waals surface area contributed by atoms with Crippen LogP contribution in [0, 0.1) is 5.82 Å². The number of thiophene rings is 1. The van der Waals surface area contributed by atoms with E-state index in [1.807, 2.05) is 28.0 Å². The molecular formula is C23H18ClFN4OS2. The maximum atomic E-state index is 13.4. The Balaban J connectivity index is 1.56. The summed E-state index contributed by atoms with van der Waals surface area (Å²) in [6.07, 6.45) is 0.967. The number of benzene rings is 2. The second-order valence-electron chi connectivity index (χ2n) is 7.34. The number of aryl methyl sites for hydroxylation is 1. The van der Waals surface area contributed by atoms with E-state index in [2.05, 4.69) is 29.3 Å². The van der Waals surface area contributed by atoms with E-state index < -0.39 is 0 Å². The van der Waals surface area contributed by atoms with Gasteiger partial charge in [0.25, 0.3) is 5.56 Å².